The second kappa shape index (κ2) is 13.9. The second-order valence-electron chi connectivity index (χ2n) is 11.9. The molecule has 1 unspecified atom stereocenters. The lowest BCUT2D eigenvalue weighted by atomic mass is 10.1. The van der Waals surface area contributed by atoms with Crippen molar-refractivity contribution in [3.63, 3.8) is 0 Å². The summed E-state index contributed by atoms with van der Waals surface area (Å²) < 4.78 is 82.6. The first-order chi connectivity index (χ1) is 23.3. The predicted octanol–water partition coefficient (Wildman–Crippen LogP) is 6.06. The Balaban J connectivity index is 1.23. The molecule has 4 aromatic rings. The van der Waals surface area contributed by atoms with E-state index < -0.39 is 33.7 Å². The van der Waals surface area contributed by atoms with E-state index in [1.54, 1.807) is 43.3 Å². The van der Waals surface area contributed by atoms with Crippen LogP contribution >= 0.6 is 11.6 Å². The van der Waals surface area contributed by atoms with Gasteiger partial charge in [0.2, 0.25) is 21.9 Å². The normalized spacial score (nSPS) is 17.4. The largest absolute Gasteiger partial charge is 0.416 e. The molecule has 6 rings (SSSR count). The van der Waals surface area contributed by atoms with Gasteiger partial charge in [-0.05, 0) is 67.8 Å². The smallest absolute Gasteiger partial charge is 0.366 e. The number of halogens is 5. The molecule has 0 aliphatic carbocycles. The molecule has 1 N–H and O–H groups in total. The van der Waals surface area contributed by atoms with Crippen LogP contribution < -0.4 is 15.1 Å². The van der Waals surface area contributed by atoms with E-state index >= 15 is 0 Å². The summed E-state index contributed by atoms with van der Waals surface area (Å²) >= 11 is 6.19. The number of rotatable bonds is 8. The molecule has 1 amide bonds. The van der Waals surface area contributed by atoms with Gasteiger partial charge in [-0.3, -0.25) is 4.79 Å². The van der Waals surface area contributed by atoms with Gasteiger partial charge < -0.3 is 15.1 Å². The number of nitrogens with zero attached hydrogens (tertiary/aromatic N) is 5. The van der Waals surface area contributed by atoms with E-state index in [0.29, 0.717) is 78.2 Å². The molecule has 9 nitrogen and oxygen atoms in total. The number of hydrogen-bond acceptors (Lipinski definition) is 7. The molecule has 0 saturated carbocycles. The van der Waals surface area contributed by atoms with Crippen LogP contribution in [0.4, 0.5) is 29.2 Å². The zero-order valence-corrected chi connectivity index (χ0v) is 28.0. The number of carbonyl (C=O) groups excluding carboxylic acids is 1. The van der Waals surface area contributed by atoms with Crippen LogP contribution in [0.2, 0.25) is 5.02 Å². The average molecular weight is 717 g/mol. The molecule has 0 radical (unpaired) electrons. The van der Waals surface area contributed by atoms with Gasteiger partial charge in [-0.2, -0.15) is 17.5 Å². The first-order valence-corrected chi connectivity index (χ1v) is 17.5. The minimum absolute atomic E-state index is 0.0384. The zero-order chi connectivity index (χ0) is 34.9. The van der Waals surface area contributed by atoms with Crippen molar-refractivity contribution in [3.8, 4) is 11.3 Å². The van der Waals surface area contributed by atoms with Gasteiger partial charge in [0.05, 0.1) is 34.1 Å². The average Bonchev–Trinajstić information content (AvgIpc) is 3.60. The number of carbonyl (C=O) groups is 1. The number of anilines is 2. The number of sulfonamides is 1. The fourth-order valence-electron chi connectivity index (χ4n) is 6.13. The lowest BCUT2D eigenvalue weighted by Crippen LogP contribution is -2.47. The van der Waals surface area contributed by atoms with E-state index in [-0.39, 0.29) is 23.8 Å². The van der Waals surface area contributed by atoms with Crippen LogP contribution in [0, 0.1) is 12.7 Å². The third-order valence-electron chi connectivity index (χ3n) is 8.79. The lowest BCUT2D eigenvalue weighted by molar-refractivity contribution is -0.137. The minimum Gasteiger partial charge on any atom is -0.366 e. The summed E-state index contributed by atoms with van der Waals surface area (Å²) in [6, 6.07) is 16.3. The summed E-state index contributed by atoms with van der Waals surface area (Å²) in [6.07, 6.45) is -3.69. The van der Waals surface area contributed by atoms with Gasteiger partial charge in [-0.1, -0.05) is 41.9 Å². The van der Waals surface area contributed by atoms with Crippen molar-refractivity contribution in [2.45, 2.75) is 43.4 Å². The van der Waals surface area contributed by atoms with Crippen LogP contribution in [0.15, 0.2) is 77.7 Å². The van der Waals surface area contributed by atoms with Crippen molar-refractivity contribution in [3.05, 3.63) is 100 Å². The van der Waals surface area contributed by atoms with E-state index in [4.69, 9.17) is 11.6 Å². The maximum atomic E-state index is 14.4. The number of alkyl halides is 3. The molecule has 258 valence electrons. The predicted molar refractivity (Wildman–Crippen MR) is 178 cm³/mol. The fourth-order valence-corrected chi connectivity index (χ4v) is 8.26. The zero-order valence-electron chi connectivity index (χ0n) is 26.4. The number of benzene rings is 3. The van der Waals surface area contributed by atoms with Crippen molar-refractivity contribution < 1.29 is 30.8 Å². The van der Waals surface area contributed by atoms with E-state index in [1.165, 1.54) is 28.6 Å². The number of nitrogens with one attached hydrogen (secondary N) is 1. The molecular weight excluding hydrogens is 684 g/mol. The quantitative estimate of drug-likeness (QED) is 0.222. The van der Waals surface area contributed by atoms with Gasteiger partial charge in [0.15, 0.2) is 0 Å². The Morgan fingerprint density at radius 1 is 0.939 bits per heavy atom. The van der Waals surface area contributed by atoms with Gasteiger partial charge in [0.25, 0.3) is 0 Å². The van der Waals surface area contributed by atoms with Crippen LogP contribution in [0.1, 0.15) is 29.7 Å². The Bertz CT molecular complexity index is 1950. The maximum Gasteiger partial charge on any atom is 0.416 e. The van der Waals surface area contributed by atoms with Crippen molar-refractivity contribution in [1.82, 2.24) is 19.6 Å². The number of piperazine rings is 1. The van der Waals surface area contributed by atoms with Crippen LogP contribution in [0.25, 0.3) is 11.3 Å². The van der Waals surface area contributed by atoms with Crippen LogP contribution in [0.3, 0.4) is 0 Å². The Morgan fingerprint density at radius 2 is 1.63 bits per heavy atom. The highest BCUT2D eigenvalue weighted by molar-refractivity contribution is 7.89. The van der Waals surface area contributed by atoms with Gasteiger partial charge in [-0.25, -0.2) is 22.8 Å². The first kappa shape index (κ1) is 34.6. The third kappa shape index (κ3) is 7.36. The van der Waals surface area contributed by atoms with Gasteiger partial charge in [0, 0.05) is 43.3 Å². The molecule has 0 bridgehead atoms. The summed E-state index contributed by atoms with van der Waals surface area (Å²) in [6.45, 7) is 3.51. The fraction of sp³-hybridized carbons (Fsp3) is 0.324. The van der Waals surface area contributed by atoms with Crippen molar-refractivity contribution in [2.24, 2.45) is 0 Å². The number of hydrogen-bond donors (Lipinski definition) is 1. The lowest BCUT2D eigenvalue weighted by Gasteiger charge is -2.36. The standard InChI is InChI=1S/C34H33ClF4N6O3S/c1-22-26(35)6-4-10-31(22)49(47,48)45-15-5-9-30(45)32(46)40-21-25-20-28(23-11-13-24(14-12-23)34(37,38)39)42-33(41-25)44-18-16-43(17-19-44)29-8-3-2-7-27(29)36/h2-4,6-8,10-14,20,30H,5,9,15-19,21H2,1H3,(H,40,46). The molecule has 3 aromatic carbocycles. The molecular formula is C34H33ClF4N6O3S. The number of para-hydroxylation sites is 1. The monoisotopic (exact) mass is 716 g/mol. The Hall–Kier alpha value is -4.27. The molecule has 2 fully saturated rings. The molecule has 3 heterocycles. The third-order valence-corrected chi connectivity index (χ3v) is 11.2. The van der Waals surface area contributed by atoms with E-state index in [9.17, 15) is 30.8 Å². The number of amides is 1. The molecule has 1 atom stereocenters. The van der Waals surface area contributed by atoms with Crippen LogP contribution in [-0.4, -0.2) is 67.4 Å². The Morgan fingerprint density at radius 3 is 2.33 bits per heavy atom. The molecule has 2 aliphatic heterocycles. The second-order valence-corrected chi connectivity index (χ2v) is 14.2. The van der Waals surface area contributed by atoms with Gasteiger partial charge in [-0.15, -0.1) is 0 Å². The number of aromatic nitrogens is 2. The van der Waals surface area contributed by atoms with Crippen LogP contribution in [-0.2, 0) is 27.5 Å². The van der Waals surface area contributed by atoms with E-state index in [0.717, 1.165) is 12.1 Å². The molecule has 49 heavy (non-hydrogen) atoms. The highest BCUT2D eigenvalue weighted by Gasteiger charge is 2.40. The molecule has 0 spiro atoms. The molecule has 2 aliphatic rings. The first-order valence-electron chi connectivity index (χ1n) is 15.7. The Kier molecular flexibility index (Phi) is 9.83. The summed E-state index contributed by atoms with van der Waals surface area (Å²) in [5, 5.41) is 3.12. The highest BCUT2D eigenvalue weighted by atomic mass is 35.5. The molecule has 1 aromatic heterocycles. The van der Waals surface area contributed by atoms with E-state index in [1.807, 2.05) is 9.80 Å². The van der Waals surface area contributed by atoms with Gasteiger partial charge in [0.1, 0.15) is 11.9 Å². The Labute approximate surface area is 286 Å². The minimum atomic E-state index is -4.50. The maximum absolute atomic E-state index is 14.4. The highest BCUT2D eigenvalue weighted by Crippen LogP contribution is 2.33. The van der Waals surface area contributed by atoms with Crippen LogP contribution in [0.5, 0.6) is 0 Å². The molecule has 2 saturated heterocycles. The summed E-state index contributed by atoms with van der Waals surface area (Å²) in [5.74, 6) is -0.530. The van der Waals surface area contributed by atoms with Crippen molar-refractivity contribution in [2.75, 3.05) is 42.5 Å². The van der Waals surface area contributed by atoms with E-state index in [2.05, 4.69) is 15.3 Å². The summed E-state index contributed by atoms with van der Waals surface area (Å²) in [5.41, 5.74) is 1.22. The summed E-state index contributed by atoms with van der Waals surface area (Å²) in [7, 11) is -4.03. The van der Waals surface area contributed by atoms with Gasteiger partial charge >= 0.3 is 6.18 Å². The SMILES string of the molecule is Cc1c(Cl)cccc1S(=O)(=O)N1CCCC1C(=O)NCc1cc(-c2ccc(C(F)(F)F)cc2)nc(N2CCN(c3ccccc3F)CC2)n1. The van der Waals surface area contributed by atoms with Crippen molar-refractivity contribution >= 4 is 39.2 Å². The van der Waals surface area contributed by atoms with Crippen molar-refractivity contribution in [1.29, 1.82) is 0 Å². The molecule has 15 heteroatoms. The summed E-state index contributed by atoms with van der Waals surface area (Å²) in [4.78, 5) is 26.7. The topological polar surface area (TPSA) is 98.7 Å².